The van der Waals surface area contributed by atoms with Crippen LogP contribution < -0.4 is 10.1 Å². The second-order valence-electron chi connectivity index (χ2n) is 3.49. The van der Waals surface area contributed by atoms with Crippen LogP contribution in [0.5, 0.6) is 5.75 Å². The van der Waals surface area contributed by atoms with Crippen LogP contribution in [0.2, 0.25) is 5.02 Å². The van der Waals surface area contributed by atoms with Gasteiger partial charge in [0.1, 0.15) is 5.75 Å². The second kappa shape index (κ2) is 5.87. The Morgan fingerprint density at radius 1 is 1.56 bits per heavy atom. The number of methoxy groups -OCH3 is 1. The van der Waals surface area contributed by atoms with E-state index in [0.717, 1.165) is 6.54 Å². The first-order valence-corrected chi connectivity index (χ1v) is 5.59. The fourth-order valence-electron chi connectivity index (χ4n) is 1.47. The van der Waals surface area contributed by atoms with E-state index in [-0.39, 0.29) is 11.8 Å². The van der Waals surface area contributed by atoms with Crippen LogP contribution in [-0.2, 0) is 0 Å². The first kappa shape index (κ1) is 13.0. The Bertz CT molecular complexity index is 379. The third kappa shape index (κ3) is 2.97. The predicted molar refractivity (Wildman–Crippen MR) is 65.5 cm³/mol. The molecule has 0 aliphatic carbocycles. The molecule has 88 valence electrons. The highest BCUT2D eigenvalue weighted by Crippen LogP contribution is 2.25. The van der Waals surface area contributed by atoms with Crippen molar-refractivity contribution in [3.8, 4) is 5.75 Å². The number of likely N-dealkylation sites (N-methyl/N-ethyl adjacent to an activating group) is 1. The molecule has 0 amide bonds. The fraction of sp³-hybridized carbons (Fsp3) is 0.417. The number of benzene rings is 1. The van der Waals surface area contributed by atoms with Gasteiger partial charge >= 0.3 is 0 Å². The van der Waals surface area contributed by atoms with E-state index in [9.17, 15) is 4.79 Å². The van der Waals surface area contributed by atoms with Crippen LogP contribution in [0.1, 0.15) is 24.2 Å². The summed E-state index contributed by atoms with van der Waals surface area (Å²) < 4.78 is 5.03. The lowest BCUT2D eigenvalue weighted by atomic mass is 10.1. The molecule has 0 aliphatic rings. The minimum absolute atomic E-state index is 0.0337. The number of carbonyl (C=O) groups excluding carboxylic acids is 1. The van der Waals surface area contributed by atoms with Crippen molar-refractivity contribution in [1.82, 2.24) is 5.32 Å². The molecule has 0 spiro atoms. The van der Waals surface area contributed by atoms with Crippen molar-refractivity contribution in [3.05, 3.63) is 28.8 Å². The van der Waals surface area contributed by atoms with Gasteiger partial charge in [-0.25, -0.2) is 0 Å². The summed E-state index contributed by atoms with van der Waals surface area (Å²) in [6, 6.07) is 4.86. The summed E-state index contributed by atoms with van der Waals surface area (Å²) in [6.45, 7) is 4.56. The topological polar surface area (TPSA) is 38.3 Å². The number of ketones is 1. The monoisotopic (exact) mass is 241 g/mol. The van der Waals surface area contributed by atoms with Gasteiger partial charge in [-0.15, -0.1) is 0 Å². The molecule has 1 aromatic carbocycles. The number of ether oxygens (including phenoxy) is 1. The molecule has 16 heavy (non-hydrogen) atoms. The summed E-state index contributed by atoms with van der Waals surface area (Å²) in [4.78, 5) is 11.9. The number of hydrogen-bond donors (Lipinski definition) is 1. The Hall–Kier alpha value is -1.06. The maximum absolute atomic E-state index is 11.9. The second-order valence-corrected chi connectivity index (χ2v) is 3.90. The van der Waals surface area contributed by atoms with Crippen molar-refractivity contribution in [3.63, 3.8) is 0 Å². The summed E-state index contributed by atoms with van der Waals surface area (Å²) in [6.07, 6.45) is 0. The molecule has 0 aliphatic heterocycles. The number of hydrogen-bond acceptors (Lipinski definition) is 3. The molecule has 0 bridgehead atoms. The van der Waals surface area contributed by atoms with E-state index in [1.54, 1.807) is 25.3 Å². The number of nitrogens with one attached hydrogen (secondary N) is 1. The zero-order chi connectivity index (χ0) is 12.1. The van der Waals surface area contributed by atoms with Gasteiger partial charge in [-0.2, -0.15) is 0 Å². The molecule has 1 unspecified atom stereocenters. The smallest absolute Gasteiger partial charge is 0.179 e. The number of rotatable bonds is 5. The van der Waals surface area contributed by atoms with Crippen molar-refractivity contribution in [2.24, 2.45) is 0 Å². The molecule has 0 saturated heterocycles. The summed E-state index contributed by atoms with van der Waals surface area (Å²) >= 11 is 5.96. The SMILES string of the molecule is CCNC(C)C(=O)c1ccc(OC)c(Cl)c1. The summed E-state index contributed by atoms with van der Waals surface area (Å²) in [5.74, 6) is 0.612. The van der Waals surface area contributed by atoms with E-state index in [1.165, 1.54) is 0 Å². The molecule has 1 rings (SSSR count). The van der Waals surface area contributed by atoms with Gasteiger partial charge in [0, 0.05) is 5.56 Å². The normalized spacial score (nSPS) is 12.2. The molecule has 0 aromatic heterocycles. The lowest BCUT2D eigenvalue weighted by molar-refractivity contribution is 0.0952. The van der Waals surface area contributed by atoms with Gasteiger partial charge in [0.2, 0.25) is 0 Å². The van der Waals surface area contributed by atoms with Crippen LogP contribution in [-0.4, -0.2) is 25.5 Å². The third-order valence-electron chi connectivity index (χ3n) is 2.34. The summed E-state index contributed by atoms with van der Waals surface area (Å²) in [5, 5.41) is 3.52. The maximum Gasteiger partial charge on any atom is 0.179 e. The minimum Gasteiger partial charge on any atom is -0.495 e. The molecule has 0 heterocycles. The third-order valence-corrected chi connectivity index (χ3v) is 2.64. The van der Waals surface area contributed by atoms with Crippen molar-refractivity contribution in [1.29, 1.82) is 0 Å². The summed E-state index contributed by atoms with van der Waals surface area (Å²) in [7, 11) is 1.55. The number of Topliss-reactive ketones (excluding diaryl/α,β-unsaturated/α-hetero) is 1. The van der Waals surface area contributed by atoms with Crippen LogP contribution in [0.4, 0.5) is 0 Å². The van der Waals surface area contributed by atoms with Crippen LogP contribution in [0.3, 0.4) is 0 Å². The van der Waals surface area contributed by atoms with Gasteiger partial charge < -0.3 is 10.1 Å². The predicted octanol–water partition coefficient (Wildman–Crippen LogP) is 2.53. The molecule has 3 nitrogen and oxygen atoms in total. The quantitative estimate of drug-likeness (QED) is 0.806. The van der Waals surface area contributed by atoms with E-state index in [2.05, 4.69) is 5.32 Å². The van der Waals surface area contributed by atoms with Gasteiger partial charge in [0.05, 0.1) is 18.2 Å². The van der Waals surface area contributed by atoms with Crippen molar-refractivity contribution >= 4 is 17.4 Å². The highest BCUT2D eigenvalue weighted by Gasteiger charge is 2.15. The Kier molecular flexibility index (Phi) is 4.77. The van der Waals surface area contributed by atoms with E-state index in [0.29, 0.717) is 16.3 Å². The first-order valence-electron chi connectivity index (χ1n) is 5.21. The van der Waals surface area contributed by atoms with Gasteiger partial charge in [0.25, 0.3) is 0 Å². The molecule has 0 fully saturated rings. The van der Waals surface area contributed by atoms with Crippen LogP contribution in [0, 0.1) is 0 Å². The van der Waals surface area contributed by atoms with Gasteiger partial charge in [0.15, 0.2) is 5.78 Å². The highest BCUT2D eigenvalue weighted by atomic mass is 35.5. The lowest BCUT2D eigenvalue weighted by Crippen LogP contribution is -2.33. The van der Waals surface area contributed by atoms with Crippen LogP contribution in [0.15, 0.2) is 18.2 Å². The van der Waals surface area contributed by atoms with Crippen molar-refractivity contribution < 1.29 is 9.53 Å². The first-order chi connectivity index (χ1) is 7.60. The standard InChI is InChI=1S/C12H16ClNO2/c1-4-14-8(2)12(15)9-5-6-11(16-3)10(13)7-9/h5-8,14H,4H2,1-3H3. The molecule has 4 heteroatoms. The Morgan fingerprint density at radius 3 is 2.75 bits per heavy atom. The fourth-order valence-corrected chi connectivity index (χ4v) is 1.73. The van der Waals surface area contributed by atoms with Crippen LogP contribution in [0.25, 0.3) is 0 Å². The average Bonchev–Trinajstić information content (AvgIpc) is 2.28. The highest BCUT2D eigenvalue weighted by molar-refractivity contribution is 6.32. The Labute approximate surface area is 101 Å². The van der Waals surface area contributed by atoms with E-state index in [1.807, 2.05) is 13.8 Å². The zero-order valence-corrected chi connectivity index (χ0v) is 10.5. The molecule has 1 N–H and O–H groups in total. The number of carbonyl (C=O) groups is 1. The number of halogens is 1. The van der Waals surface area contributed by atoms with Crippen molar-refractivity contribution in [2.75, 3.05) is 13.7 Å². The average molecular weight is 242 g/mol. The van der Waals surface area contributed by atoms with Crippen LogP contribution >= 0.6 is 11.6 Å². The molecule has 1 aromatic rings. The Balaban J connectivity index is 2.88. The summed E-state index contributed by atoms with van der Waals surface area (Å²) in [5.41, 5.74) is 0.597. The largest absolute Gasteiger partial charge is 0.495 e. The molecular weight excluding hydrogens is 226 g/mol. The lowest BCUT2D eigenvalue weighted by Gasteiger charge is -2.12. The van der Waals surface area contributed by atoms with Gasteiger partial charge in [-0.3, -0.25) is 4.79 Å². The van der Waals surface area contributed by atoms with E-state index in [4.69, 9.17) is 16.3 Å². The van der Waals surface area contributed by atoms with Gasteiger partial charge in [-0.05, 0) is 31.7 Å². The maximum atomic E-state index is 11.9. The molecule has 0 saturated carbocycles. The van der Waals surface area contributed by atoms with Gasteiger partial charge in [-0.1, -0.05) is 18.5 Å². The molecular formula is C12H16ClNO2. The molecule has 0 radical (unpaired) electrons. The molecule has 1 atom stereocenters. The van der Waals surface area contributed by atoms with E-state index >= 15 is 0 Å². The Morgan fingerprint density at radius 2 is 2.25 bits per heavy atom. The van der Waals surface area contributed by atoms with E-state index < -0.39 is 0 Å². The zero-order valence-electron chi connectivity index (χ0n) is 9.71. The minimum atomic E-state index is -0.200. The van der Waals surface area contributed by atoms with Crippen molar-refractivity contribution in [2.45, 2.75) is 19.9 Å².